The van der Waals surface area contributed by atoms with Gasteiger partial charge in [0, 0.05) is 17.3 Å². The molecule has 0 fully saturated rings. The van der Waals surface area contributed by atoms with Gasteiger partial charge in [-0.05, 0) is 50.7 Å². The number of likely N-dealkylation sites (N-methyl/N-ethyl adjacent to an activating group) is 1. The van der Waals surface area contributed by atoms with E-state index in [0.717, 1.165) is 12.2 Å². The SMILES string of the molecule is Cc1cc(C)cc(CN(C)CC(=O)Nc2ccc(Cl)cc2)c1. The van der Waals surface area contributed by atoms with E-state index in [9.17, 15) is 4.79 Å². The van der Waals surface area contributed by atoms with Crippen LogP contribution in [0.3, 0.4) is 0 Å². The highest BCUT2D eigenvalue weighted by atomic mass is 35.5. The van der Waals surface area contributed by atoms with Crippen LogP contribution < -0.4 is 5.32 Å². The van der Waals surface area contributed by atoms with Gasteiger partial charge in [0.05, 0.1) is 6.54 Å². The van der Waals surface area contributed by atoms with Crippen LogP contribution in [0.5, 0.6) is 0 Å². The molecule has 0 saturated heterocycles. The molecule has 0 spiro atoms. The summed E-state index contributed by atoms with van der Waals surface area (Å²) in [4.78, 5) is 14.0. The van der Waals surface area contributed by atoms with Crippen molar-refractivity contribution >= 4 is 23.2 Å². The summed E-state index contributed by atoms with van der Waals surface area (Å²) in [5.41, 5.74) is 4.47. The van der Waals surface area contributed by atoms with Crippen molar-refractivity contribution in [2.75, 3.05) is 18.9 Å². The Bertz CT molecular complexity index is 632. The first-order valence-electron chi connectivity index (χ1n) is 7.23. The largest absolute Gasteiger partial charge is 0.325 e. The average molecular weight is 317 g/mol. The van der Waals surface area contributed by atoms with Crippen LogP contribution in [0.15, 0.2) is 42.5 Å². The monoisotopic (exact) mass is 316 g/mol. The van der Waals surface area contributed by atoms with Crippen molar-refractivity contribution < 1.29 is 4.79 Å². The van der Waals surface area contributed by atoms with Gasteiger partial charge in [-0.15, -0.1) is 0 Å². The molecule has 0 atom stereocenters. The maximum atomic E-state index is 12.0. The first-order valence-corrected chi connectivity index (χ1v) is 7.61. The minimum atomic E-state index is -0.0332. The summed E-state index contributed by atoms with van der Waals surface area (Å²) in [6.45, 7) is 5.26. The Labute approximate surface area is 136 Å². The fraction of sp³-hybridized carbons (Fsp3) is 0.278. The van der Waals surface area contributed by atoms with Gasteiger partial charge in [0.15, 0.2) is 0 Å². The number of rotatable bonds is 5. The molecule has 0 aromatic heterocycles. The number of carbonyl (C=O) groups excluding carboxylic acids is 1. The lowest BCUT2D eigenvalue weighted by Gasteiger charge is -2.17. The van der Waals surface area contributed by atoms with Crippen LogP contribution in [0.4, 0.5) is 5.69 Å². The van der Waals surface area contributed by atoms with E-state index in [4.69, 9.17) is 11.6 Å². The molecule has 0 bridgehead atoms. The van der Waals surface area contributed by atoms with Gasteiger partial charge in [-0.3, -0.25) is 9.69 Å². The van der Waals surface area contributed by atoms with Crippen LogP contribution in [0.2, 0.25) is 5.02 Å². The molecule has 4 heteroatoms. The molecule has 0 aliphatic heterocycles. The number of amides is 1. The van der Waals surface area contributed by atoms with Crippen LogP contribution in [0, 0.1) is 13.8 Å². The van der Waals surface area contributed by atoms with Crippen LogP contribution in [-0.2, 0) is 11.3 Å². The predicted octanol–water partition coefficient (Wildman–Crippen LogP) is 4.03. The number of anilines is 1. The highest BCUT2D eigenvalue weighted by molar-refractivity contribution is 6.30. The number of aryl methyl sites for hydroxylation is 2. The fourth-order valence-electron chi connectivity index (χ4n) is 2.51. The van der Waals surface area contributed by atoms with Crippen molar-refractivity contribution in [3.63, 3.8) is 0 Å². The zero-order valence-electron chi connectivity index (χ0n) is 13.2. The maximum Gasteiger partial charge on any atom is 0.238 e. The van der Waals surface area contributed by atoms with Crippen molar-refractivity contribution in [2.24, 2.45) is 0 Å². The van der Waals surface area contributed by atoms with E-state index < -0.39 is 0 Å². The molecule has 1 amide bonds. The second-order valence-corrected chi connectivity index (χ2v) is 6.16. The van der Waals surface area contributed by atoms with Crippen LogP contribution in [0.1, 0.15) is 16.7 Å². The molecule has 1 N–H and O–H groups in total. The van der Waals surface area contributed by atoms with E-state index in [-0.39, 0.29) is 5.91 Å². The van der Waals surface area contributed by atoms with Gasteiger partial charge in [-0.2, -0.15) is 0 Å². The molecule has 22 heavy (non-hydrogen) atoms. The summed E-state index contributed by atoms with van der Waals surface area (Å²) in [6.07, 6.45) is 0. The van der Waals surface area contributed by atoms with Gasteiger partial charge in [0.1, 0.15) is 0 Å². The molecular formula is C18H21ClN2O. The fourth-order valence-corrected chi connectivity index (χ4v) is 2.63. The van der Waals surface area contributed by atoms with Gasteiger partial charge in [0.25, 0.3) is 0 Å². The molecule has 116 valence electrons. The lowest BCUT2D eigenvalue weighted by Crippen LogP contribution is -2.29. The second-order valence-electron chi connectivity index (χ2n) is 5.72. The Kier molecular flexibility index (Phi) is 5.58. The molecule has 0 aliphatic rings. The molecule has 0 radical (unpaired) electrons. The van der Waals surface area contributed by atoms with Gasteiger partial charge in [-0.25, -0.2) is 0 Å². The topological polar surface area (TPSA) is 32.3 Å². The zero-order valence-corrected chi connectivity index (χ0v) is 13.9. The van der Waals surface area contributed by atoms with E-state index in [1.165, 1.54) is 16.7 Å². The zero-order chi connectivity index (χ0) is 16.1. The smallest absolute Gasteiger partial charge is 0.238 e. The molecular weight excluding hydrogens is 296 g/mol. The summed E-state index contributed by atoms with van der Waals surface area (Å²) < 4.78 is 0. The van der Waals surface area contributed by atoms with Crippen LogP contribution in [-0.4, -0.2) is 24.4 Å². The minimum Gasteiger partial charge on any atom is -0.325 e. The molecule has 0 aliphatic carbocycles. The summed E-state index contributed by atoms with van der Waals surface area (Å²) in [5, 5.41) is 3.53. The van der Waals surface area contributed by atoms with Gasteiger partial charge < -0.3 is 5.32 Å². The first-order chi connectivity index (χ1) is 10.4. The molecule has 3 nitrogen and oxygen atoms in total. The third-order valence-corrected chi connectivity index (χ3v) is 3.53. The number of carbonyl (C=O) groups is 1. The third kappa shape index (κ3) is 5.17. The molecule has 0 heterocycles. The maximum absolute atomic E-state index is 12.0. The molecule has 0 unspecified atom stereocenters. The lowest BCUT2D eigenvalue weighted by atomic mass is 10.1. The van der Waals surface area contributed by atoms with E-state index in [2.05, 4.69) is 37.4 Å². The Morgan fingerprint density at radius 3 is 2.27 bits per heavy atom. The molecule has 2 aromatic rings. The number of benzene rings is 2. The first kappa shape index (κ1) is 16.5. The molecule has 2 rings (SSSR count). The van der Waals surface area contributed by atoms with E-state index in [1.54, 1.807) is 24.3 Å². The Hall–Kier alpha value is -1.84. The number of hydrogen-bond acceptors (Lipinski definition) is 2. The van der Waals surface area contributed by atoms with Crippen LogP contribution >= 0.6 is 11.6 Å². The average Bonchev–Trinajstić information content (AvgIpc) is 2.39. The minimum absolute atomic E-state index is 0.0332. The van der Waals surface area contributed by atoms with Crippen molar-refractivity contribution in [2.45, 2.75) is 20.4 Å². The van der Waals surface area contributed by atoms with E-state index in [0.29, 0.717) is 11.6 Å². The van der Waals surface area contributed by atoms with Gasteiger partial charge in [-0.1, -0.05) is 40.9 Å². The number of nitrogens with zero attached hydrogens (tertiary/aromatic N) is 1. The summed E-state index contributed by atoms with van der Waals surface area (Å²) in [6, 6.07) is 13.6. The van der Waals surface area contributed by atoms with Crippen molar-refractivity contribution in [1.82, 2.24) is 4.90 Å². The van der Waals surface area contributed by atoms with E-state index in [1.807, 2.05) is 11.9 Å². The standard InChI is InChI=1S/C18H21ClN2O/c1-13-8-14(2)10-15(9-13)11-21(3)12-18(22)20-17-6-4-16(19)5-7-17/h4-10H,11-12H2,1-3H3,(H,20,22). The quantitative estimate of drug-likeness (QED) is 0.903. The normalized spacial score (nSPS) is 10.8. The number of nitrogens with one attached hydrogen (secondary N) is 1. The van der Waals surface area contributed by atoms with E-state index >= 15 is 0 Å². The lowest BCUT2D eigenvalue weighted by molar-refractivity contribution is -0.117. The number of halogens is 1. The van der Waals surface area contributed by atoms with Crippen molar-refractivity contribution in [1.29, 1.82) is 0 Å². The van der Waals surface area contributed by atoms with Crippen LogP contribution in [0.25, 0.3) is 0 Å². The van der Waals surface area contributed by atoms with Gasteiger partial charge >= 0.3 is 0 Å². The summed E-state index contributed by atoms with van der Waals surface area (Å²) >= 11 is 5.83. The Morgan fingerprint density at radius 1 is 1.09 bits per heavy atom. The summed E-state index contributed by atoms with van der Waals surface area (Å²) in [5.74, 6) is -0.0332. The number of hydrogen-bond donors (Lipinski definition) is 1. The van der Waals surface area contributed by atoms with Gasteiger partial charge in [0.2, 0.25) is 5.91 Å². The molecule has 2 aromatic carbocycles. The highest BCUT2D eigenvalue weighted by Gasteiger charge is 2.08. The predicted molar refractivity (Wildman–Crippen MR) is 92.3 cm³/mol. The Morgan fingerprint density at radius 2 is 1.68 bits per heavy atom. The third-order valence-electron chi connectivity index (χ3n) is 3.28. The summed E-state index contributed by atoms with van der Waals surface area (Å²) in [7, 11) is 1.94. The molecule has 0 saturated carbocycles. The van der Waals surface area contributed by atoms with Crippen molar-refractivity contribution in [3.05, 3.63) is 64.2 Å². The Balaban J connectivity index is 1.89. The second kappa shape index (κ2) is 7.43. The van der Waals surface area contributed by atoms with Crippen molar-refractivity contribution in [3.8, 4) is 0 Å². The highest BCUT2D eigenvalue weighted by Crippen LogP contribution is 2.14.